The number of nitrogens with zero attached hydrogens (tertiary/aromatic N) is 6. The molecule has 4 fully saturated rings. The Morgan fingerprint density at radius 1 is 0.812 bits per heavy atom. The summed E-state index contributed by atoms with van der Waals surface area (Å²) in [5.41, 5.74) is 0.650. The molecule has 2 aromatic heterocycles. The summed E-state index contributed by atoms with van der Waals surface area (Å²) >= 11 is 6.35. The van der Waals surface area contributed by atoms with Gasteiger partial charge in [0.25, 0.3) is 0 Å². The molecule has 0 radical (unpaired) electrons. The van der Waals surface area contributed by atoms with Crippen LogP contribution >= 0.6 is 11.6 Å². The number of likely N-dealkylation sites (tertiary alicyclic amines) is 1. The van der Waals surface area contributed by atoms with E-state index in [1.54, 1.807) is 0 Å². The highest BCUT2D eigenvalue weighted by molar-refractivity contribution is 6.30. The molecule has 0 bridgehead atoms. The van der Waals surface area contributed by atoms with Crippen LogP contribution in [0.4, 0.5) is 15.4 Å². The molecule has 0 spiro atoms. The third-order valence-electron chi connectivity index (χ3n) is 14.5. The zero-order valence-electron chi connectivity index (χ0n) is 40.6. The number of alkyl carbamates (subject to hydrolysis) is 2. The monoisotopic (exact) mass is 967 g/mol. The lowest BCUT2D eigenvalue weighted by atomic mass is 9.83. The van der Waals surface area contributed by atoms with Gasteiger partial charge < -0.3 is 45.1 Å². The van der Waals surface area contributed by atoms with E-state index in [2.05, 4.69) is 45.6 Å². The number of aromatic nitrogens is 3. The van der Waals surface area contributed by atoms with E-state index in [-0.39, 0.29) is 30.4 Å². The Hall–Kier alpha value is -5.45. The quantitative estimate of drug-likeness (QED) is 0.0931. The predicted molar refractivity (Wildman–Crippen MR) is 267 cm³/mol. The van der Waals surface area contributed by atoms with E-state index >= 15 is 0 Å². The molecule has 4 aromatic rings. The Labute approximate surface area is 411 Å². The summed E-state index contributed by atoms with van der Waals surface area (Å²) in [5.74, 6) is 1.22. The zero-order chi connectivity index (χ0) is 48.4. The van der Waals surface area contributed by atoms with Crippen LogP contribution in [0.1, 0.15) is 102 Å². The highest BCUT2D eigenvalue weighted by Gasteiger charge is 2.45. The Morgan fingerprint density at radius 2 is 1.52 bits per heavy atom. The fraction of sp³-hybridized carbons (Fsp3) is 0.577. The standard InChI is InChI=1S/C52H71ClN10O6/c1-51(2,3)69-50(67)59-52(22-28-62(29-23-52)46-42-18-24-54-45(42)55-36-56-46)48(65)57-43(39-14-16-41(53)17-15-39)21-27-60-25-19-37(20-26-60)34-61-30-32-63(33-31-61)47(64)44(40-12-8-5-9-13-40)58-49(66)68-35-38-10-6-4-7-11-38/h4,6-7,10-11,14-18,24,36-37,40,43-44H,5,8-9,12-13,19-23,25-35H2,1-3H3,(H,57,65)(H,58,66)(H,59,67)(H,54,55,56)/t43-,44+/m0/s1. The minimum Gasteiger partial charge on any atom is -0.445 e. The van der Waals surface area contributed by atoms with Gasteiger partial charge in [0.15, 0.2) is 0 Å². The SMILES string of the molecule is CC(C)(C)OC(=O)NC1(C(=O)N[C@@H](CCN2CCC(CN3CCN(C(=O)[C@H](NC(=O)OCc4ccccc4)C4CCCCC4)CC3)CC2)c2ccc(Cl)cc2)CCN(c2ncnc3[nH]ccc23)CC1. The molecule has 16 nitrogen and oxygen atoms in total. The molecule has 17 heteroatoms. The molecule has 2 aromatic carbocycles. The third-order valence-corrected chi connectivity index (χ3v) is 14.8. The van der Waals surface area contributed by atoms with Crippen LogP contribution in [0.5, 0.6) is 0 Å². The normalized spacial score (nSPS) is 19.7. The van der Waals surface area contributed by atoms with Gasteiger partial charge in [-0.3, -0.25) is 14.5 Å². The first-order valence-electron chi connectivity index (χ1n) is 25.1. The Morgan fingerprint density at radius 3 is 2.22 bits per heavy atom. The Balaban J connectivity index is 0.835. The zero-order valence-corrected chi connectivity index (χ0v) is 41.4. The van der Waals surface area contributed by atoms with E-state index in [1.807, 2.05) is 92.5 Å². The van der Waals surface area contributed by atoms with Crippen LogP contribution in [0.15, 0.2) is 73.2 Å². The number of nitrogens with one attached hydrogen (secondary N) is 4. The molecule has 8 rings (SSSR count). The number of amides is 4. The number of benzene rings is 2. The van der Waals surface area contributed by atoms with Crippen LogP contribution in [0, 0.1) is 11.8 Å². The van der Waals surface area contributed by atoms with Crippen molar-refractivity contribution >= 4 is 52.5 Å². The molecule has 3 aliphatic heterocycles. The van der Waals surface area contributed by atoms with Gasteiger partial charge >= 0.3 is 12.2 Å². The van der Waals surface area contributed by atoms with Crippen molar-refractivity contribution in [2.45, 2.75) is 115 Å². The summed E-state index contributed by atoms with van der Waals surface area (Å²) < 4.78 is 11.3. The van der Waals surface area contributed by atoms with Gasteiger partial charge in [0.2, 0.25) is 11.8 Å². The number of piperidine rings is 2. The molecular weight excluding hydrogens is 896 g/mol. The van der Waals surface area contributed by atoms with Crippen molar-refractivity contribution in [1.82, 2.24) is 45.6 Å². The smallest absolute Gasteiger partial charge is 0.408 e. The number of piperazine rings is 1. The fourth-order valence-electron chi connectivity index (χ4n) is 10.6. The lowest BCUT2D eigenvalue weighted by Gasteiger charge is -2.42. The summed E-state index contributed by atoms with van der Waals surface area (Å²) in [6.45, 7) is 13.2. The summed E-state index contributed by atoms with van der Waals surface area (Å²) in [6, 6.07) is 18.3. The molecule has 2 atom stereocenters. The van der Waals surface area contributed by atoms with Crippen molar-refractivity contribution in [1.29, 1.82) is 0 Å². The molecule has 4 amide bonds. The van der Waals surface area contributed by atoms with E-state index in [4.69, 9.17) is 21.1 Å². The average molecular weight is 968 g/mol. The van der Waals surface area contributed by atoms with E-state index < -0.39 is 29.4 Å². The number of H-pyrrole nitrogens is 1. The number of aromatic amines is 1. The largest absolute Gasteiger partial charge is 0.445 e. The van der Waals surface area contributed by atoms with Gasteiger partial charge in [-0.15, -0.1) is 0 Å². The second-order valence-corrected chi connectivity index (χ2v) is 20.9. The van der Waals surface area contributed by atoms with Gasteiger partial charge in [0, 0.05) is 63.6 Å². The van der Waals surface area contributed by atoms with Gasteiger partial charge in [-0.25, -0.2) is 19.6 Å². The molecule has 1 aliphatic carbocycles. The molecule has 69 heavy (non-hydrogen) atoms. The number of hydrogen-bond donors (Lipinski definition) is 4. The van der Waals surface area contributed by atoms with E-state index in [1.165, 1.54) is 6.33 Å². The summed E-state index contributed by atoms with van der Waals surface area (Å²) in [5, 5.41) is 10.9. The lowest BCUT2D eigenvalue weighted by Crippen LogP contribution is -2.64. The number of fused-ring (bicyclic) bond motifs is 1. The molecule has 4 aliphatic rings. The number of rotatable bonds is 15. The molecule has 3 saturated heterocycles. The van der Waals surface area contributed by atoms with Gasteiger partial charge in [-0.05, 0) is 120 Å². The van der Waals surface area contributed by atoms with Gasteiger partial charge in [-0.1, -0.05) is 73.3 Å². The van der Waals surface area contributed by atoms with Crippen molar-refractivity contribution in [2.75, 3.05) is 70.3 Å². The number of halogens is 1. The van der Waals surface area contributed by atoms with Crippen LogP contribution in [0.25, 0.3) is 11.0 Å². The highest BCUT2D eigenvalue weighted by Crippen LogP contribution is 2.32. The van der Waals surface area contributed by atoms with Crippen LogP contribution in [0.3, 0.4) is 0 Å². The molecule has 5 heterocycles. The number of carbonyl (C=O) groups excluding carboxylic acids is 4. The van der Waals surface area contributed by atoms with Crippen LogP contribution in [0.2, 0.25) is 5.02 Å². The van der Waals surface area contributed by atoms with Crippen molar-refractivity contribution < 1.29 is 28.7 Å². The van der Waals surface area contributed by atoms with Gasteiger partial charge in [0.05, 0.1) is 11.4 Å². The minimum absolute atomic E-state index is 0.0106. The number of anilines is 1. The first-order valence-corrected chi connectivity index (χ1v) is 25.5. The van der Waals surface area contributed by atoms with Gasteiger partial charge in [0.1, 0.15) is 41.6 Å². The van der Waals surface area contributed by atoms with E-state index in [0.717, 1.165) is 112 Å². The first-order chi connectivity index (χ1) is 33.3. The molecule has 372 valence electrons. The van der Waals surface area contributed by atoms with E-state index in [9.17, 15) is 19.2 Å². The average Bonchev–Trinajstić information content (AvgIpc) is 3.85. The second-order valence-electron chi connectivity index (χ2n) is 20.5. The van der Waals surface area contributed by atoms with Crippen LogP contribution in [-0.4, -0.2) is 136 Å². The topological polar surface area (TPSA) is 177 Å². The van der Waals surface area contributed by atoms with Crippen molar-refractivity contribution in [3.63, 3.8) is 0 Å². The summed E-state index contributed by atoms with van der Waals surface area (Å²) in [4.78, 5) is 76.3. The molecule has 4 N–H and O–H groups in total. The third kappa shape index (κ3) is 13.5. The predicted octanol–water partition coefficient (Wildman–Crippen LogP) is 7.45. The Kier molecular flexibility index (Phi) is 16.6. The number of carbonyl (C=O) groups is 4. The fourth-order valence-corrected chi connectivity index (χ4v) is 10.7. The minimum atomic E-state index is -1.21. The van der Waals surface area contributed by atoms with E-state index in [0.29, 0.717) is 56.4 Å². The second kappa shape index (κ2) is 23.0. The summed E-state index contributed by atoms with van der Waals surface area (Å²) in [7, 11) is 0. The molecular formula is C52H71ClN10O6. The van der Waals surface area contributed by atoms with Crippen molar-refractivity contribution in [3.05, 3.63) is 89.3 Å². The maximum Gasteiger partial charge on any atom is 0.408 e. The van der Waals surface area contributed by atoms with Crippen LogP contribution in [-0.2, 0) is 25.7 Å². The first kappa shape index (κ1) is 50.0. The molecule has 1 saturated carbocycles. The van der Waals surface area contributed by atoms with Crippen molar-refractivity contribution in [2.24, 2.45) is 11.8 Å². The maximum absolute atomic E-state index is 14.7. The van der Waals surface area contributed by atoms with Gasteiger partial charge in [-0.2, -0.15) is 0 Å². The number of hydrogen-bond acceptors (Lipinski definition) is 11. The van der Waals surface area contributed by atoms with Crippen molar-refractivity contribution in [3.8, 4) is 0 Å². The highest BCUT2D eigenvalue weighted by atomic mass is 35.5. The summed E-state index contributed by atoms with van der Waals surface area (Å²) in [6.07, 6.45) is 10.9. The molecule has 0 unspecified atom stereocenters. The maximum atomic E-state index is 14.7. The van der Waals surface area contributed by atoms with Crippen LogP contribution < -0.4 is 20.9 Å². The lowest BCUT2D eigenvalue weighted by molar-refractivity contribution is -0.137. The Bertz CT molecular complexity index is 2310. The number of ether oxygens (including phenoxy) is 2.